The van der Waals surface area contributed by atoms with Crippen molar-refractivity contribution in [3.63, 3.8) is 0 Å². The van der Waals surface area contributed by atoms with Gasteiger partial charge in [-0.3, -0.25) is 0 Å². The van der Waals surface area contributed by atoms with E-state index >= 15 is 0 Å². The molecular weight excluding hydrogens is 330 g/mol. The number of rotatable bonds is 4. The smallest absolute Gasteiger partial charge is 0.119 e. The van der Waals surface area contributed by atoms with Gasteiger partial charge in [-0.25, -0.2) is 0 Å². The molecule has 2 heteroatoms. The molecule has 0 saturated heterocycles. The van der Waals surface area contributed by atoms with Crippen LogP contribution in [0.25, 0.3) is 0 Å². The summed E-state index contributed by atoms with van der Waals surface area (Å²) < 4.78 is 5.64. The third-order valence-corrected chi connectivity index (χ3v) is 9.06. The van der Waals surface area contributed by atoms with Crippen LogP contribution in [0.4, 0.5) is 0 Å². The fourth-order valence-corrected chi connectivity index (χ4v) is 7.45. The summed E-state index contributed by atoms with van der Waals surface area (Å²) >= 11 is 0. The van der Waals surface area contributed by atoms with Gasteiger partial charge in [0.05, 0.1) is 7.11 Å². The highest BCUT2D eigenvalue weighted by Crippen LogP contribution is 2.68. The predicted octanol–water partition coefficient (Wildman–Crippen LogP) is 5.36. The SMILES string of the molecule is COc1ccc2c(c1)[C@]1(C)CC[C@@H]3C(C)=C(C)[C@@]1(CC2)C3N(C)CC1CC1. The molecule has 1 aromatic carbocycles. The Balaban J connectivity index is 1.66. The Bertz CT molecular complexity index is 807. The van der Waals surface area contributed by atoms with E-state index < -0.39 is 0 Å². The van der Waals surface area contributed by atoms with Crippen molar-refractivity contribution >= 4 is 0 Å². The summed E-state index contributed by atoms with van der Waals surface area (Å²) in [4.78, 5) is 2.78. The topological polar surface area (TPSA) is 12.5 Å². The van der Waals surface area contributed by atoms with Gasteiger partial charge in [0.15, 0.2) is 0 Å². The molecule has 0 amide bonds. The van der Waals surface area contributed by atoms with Gasteiger partial charge in [0, 0.05) is 23.4 Å². The molecule has 2 bridgehead atoms. The average Bonchev–Trinajstić information content (AvgIpc) is 3.46. The summed E-state index contributed by atoms with van der Waals surface area (Å²) in [6.45, 7) is 8.80. The molecular formula is C25H35NO. The first kappa shape index (κ1) is 17.8. The van der Waals surface area contributed by atoms with Gasteiger partial charge in [-0.2, -0.15) is 0 Å². The molecule has 5 rings (SSSR count). The maximum Gasteiger partial charge on any atom is 0.119 e. The van der Waals surface area contributed by atoms with E-state index in [4.69, 9.17) is 4.74 Å². The van der Waals surface area contributed by atoms with E-state index in [1.165, 1.54) is 45.1 Å². The number of ether oxygens (including phenoxy) is 1. The standard InChI is InChI=1S/C25H35NO/c1-16-17(2)25-13-10-19-8-9-20(27-5)14-22(19)24(25,3)12-11-21(16)23(25)26(4)15-18-6-7-18/h8-9,14,18,21,23H,6-7,10-13,15H2,1-5H3/t21-,23?,24+,25+/m1/s1. The molecule has 2 fully saturated rings. The third-order valence-electron chi connectivity index (χ3n) is 9.06. The van der Waals surface area contributed by atoms with Crippen LogP contribution in [0.5, 0.6) is 5.75 Å². The van der Waals surface area contributed by atoms with E-state index in [9.17, 15) is 0 Å². The molecule has 1 unspecified atom stereocenters. The van der Waals surface area contributed by atoms with Crippen LogP contribution in [-0.2, 0) is 11.8 Å². The van der Waals surface area contributed by atoms with E-state index in [-0.39, 0.29) is 5.41 Å². The molecule has 2 saturated carbocycles. The Morgan fingerprint density at radius 2 is 1.93 bits per heavy atom. The molecule has 0 N–H and O–H groups in total. The van der Waals surface area contributed by atoms with E-state index in [0.29, 0.717) is 11.5 Å². The third kappa shape index (κ3) is 2.23. The second-order valence-corrected chi connectivity index (χ2v) is 10.1. The lowest BCUT2D eigenvalue weighted by molar-refractivity contribution is -0.0214. The van der Waals surface area contributed by atoms with Gasteiger partial charge in [-0.1, -0.05) is 24.1 Å². The zero-order valence-corrected chi connectivity index (χ0v) is 17.8. The van der Waals surface area contributed by atoms with Crippen molar-refractivity contribution in [2.24, 2.45) is 17.3 Å². The molecule has 1 aromatic rings. The fraction of sp³-hybridized carbons (Fsp3) is 0.680. The van der Waals surface area contributed by atoms with Crippen LogP contribution >= 0.6 is 0 Å². The van der Waals surface area contributed by atoms with Crippen molar-refractivity contribution in [2.45, 2.75) is 70.8 Å². The van der Waals surface area contributed by atoms with Crippen LogP contribution in [0.1, 0.15) is 64.0 Å². The second-order valence-electron chi connectivity index (χ2n) is 10.1. The molecule has 0 aliphatic heterocycles. The Labute approximate surface area is 165 Å². The van der Waals surface area contributed by atoms with E-state index in [0.717, 1.165) is 17.6 Å². The van der Waals surface area contributed by atoms with Crippen molar-refractivity contribution in [2.75, 3.05) is 20.7 Å². The average molecular weight is 366 g/mol. The summed E-state index contributed by atoms with van der Waals surface area (Å²) in [5.41, 5.74) is 7.07. The molecule has 1 spiro atoms. The van der Waals surface area contributed by atoms with E-state index in [2.05, 4.69) is 50.9 Å². The Kier molecular flexibility index (Phi) is 3.86. The number of nitrogens with zero attached hydrogens (tertiary/aromatic N) is 1. The maximum absolute atomic E-state index is 5.64. The summed E-state index contributed by atoms with van der Waals surface area (Å²) in [7, 11) is 4.23. The van der Waals surface area contributed by atoms with Crippen LogP contribution in [0.3, 0.4) is 0 Å². The van der Waals surface area contributed by atoms with Crippen molar-refractivity contribution < 1.29 is 4.74 Å². The Hall–Kier alpha value is -1.28. The largest absolute Gasteiger partial charge is 0.497 e. The summed E-state index contributed by atoms with van der Waals surface area (Å²) in [5.74, 6) is 2.73. The van der Waals surface area contributed by atoms with Crippen molar-refractivity contribution in [3.8, 4) is 5.75 Å². The van der Waals surface area contributed by atoms with Gasteiger partial charge in [0.25, 0.3) is 0 Å². The van der Waals surface area contributed by atoms with Gasteiger partial charge in [-0.15, -0.1) is 0 Å². The maximum atomic E-state index is 5.64. The first-order chi connectivity index (χ1) is 12.9. The molecule has 2 nitrogen and oxygen atoms in total. The second kappa shape index (κ2) is 5.86. The zero-order chi connectivity index (χ0) is 19.0. The fourth-order valence-electron chi connectivity index (χ4n) is 7.45. The van der Waals surface area contributed by atoms with Crippen molar-refractivity contribution in [1.82, 2.24) is 4.90 Å². The first-order valence-corrected chi connectivity index (χ1v) is 11.0. The van der Waals surface area contributed by atoms with Crippen molar-refractivity contribution in [3.05, 3.63) is 40.5 Å². The highest BCUT2D eigenvalue weighted by molar-refractivity contribution is 5.52. The monoisotopic (exact) mass is 365 g/mol. The van der Waals surface area contributed by atoms with Crippen LogP contribution in [0.15, 0.2) is 29.3 Å². The van der Waals surface area contributed by atoms with Gasteiger partial charge in [0.1, 0.15) is 5.75 Å². The molecule has 0 aromatic heterocycles. The molecule has 0 heterocycles. The van der Waals surface area contributed by atoms with Crippen LogP contribution in [-0.4, -0.2) is 31.6 Å². The number of hydrogen-bond acceptors (Lipinski definition) is 2. The van der Waals surface area contributed by atoms with Gasteiger partial charge >= 0.3 is 0 Å². The Morgan fingerprint density at radius 1 is 1.15 bits per heavy atom. The quantitative estimate of drug-likeness (QED) is 0.666. The number of fused-ring (bicyclic) bond motifs is 3. The molecule has 4 aliphatic carbocycles. The predicted molar refractivity (Wildman–Crippen MR) is 111 cm³/mol. The zero-order valence-electron chi connectivity index (χ0n) is 17.8. The summed E-state index contributed by atoms with van der Waals surface area (Å²) in [5, 5.41) is 0. The number of hydrogen-bond donors (Lipinski definition) is 0. The summed E-state index contributed by atoms with van der Waals surface area (Å²) in [6, 6.07) is 7.54. The number of aryl methyl sites for hydroxylation is 1. The van der Waals surface area contributed by atoms with E-state index in [1.54, 1.807) is 29.4 Å². The van der Waals surface area contributed by atoms with Crippen LogP contribution < -0.4 is 4.74 Å². The molecule has 146 valence electrons. The molecule has 0 radical (unpaired) electrons. The lowest BCUT2D eigenvalue weighted by Gasteiger charge is -2.61. The number of methoxy groups -OCH3 is 1. The Morgan fingerprint density at radius 3 is 2.63 bits per heavy atom. The minimum atomic E-state index is 0.218. The van der Waals surface area contributed by atoms with Gasteiger partial charge < -0.3 is 9.64 Å². The molecule has 4 aliphatic rings. The lowest BCUT2D eigenvalue weighted by atomic mass is 9.46. The minimum absolute atomic E-state index is 0.218. The van der Waals surface area contributed by atoms with E-state index in [1.807, 2.05) is 0 Å². The lowest BCUT2D eigenvalue weighted by Crippen LogP contribution is -2.62. The highest BCUT2D eigenvalue weighted by atomic mass is 16.5. The summed E-state index contributed by atoms with van der Waals surface area (Å²) in [6.07, 6.45) is 8.04. The number of benzene rings is 1. The van der Waals surface area contributed by atoms with Crippen molar-refractivity contribution in [1.29, 1.82) is 0 Å². The normalized spacial score (nSPS) is 37.4. The van der Waals surface area contributed by atoms with Gasteiger partial charge in [0.2, 0.25) is 0 Å². The van der Waals surface area contributed by atoms with Crippen LogP contribution in [0.2, 0.25) is 0 Å². The highest BCUT2D eigenvalue weighted by Gasteiger charge is 2.65. The molecule has 4 atom stereocenters. The van der Waals surface area contributed by atoms with Gasteiger partial charge in [-0.05, 0) is 94.5 Å². The first-order valence-electron chi connectivity index (χ1n) is 11.0. The molecule has 27 heavy (non-hydrogen) atoms. The minimum Gasteiger partial charge on any atom is -0.497 e. The van der Waals surface area contributed by atoms with Crippen LogP contribution in [0, 0.1) is 17.3 Å².